The van der Waals surface area contributed by atoms with Crippen LogP contribution in [0.5, 0.6) is 0 Å². The molecule has 2 amide bonds. The molecule has 2 unspecified atom stereocenters. The van der Waals surface area contributed by atoms with Crippen LogP contribution >= 0.6 is 0 Å². The van der Waals surface area contributed by atoms with Crippen LogP contribution < -0.4 is 10.6 Å². The predicted molar refractivity (Wildman–Crippen MR) is 87.5 cm³/mol. The van der Waals surface area contributed by atoms with Crippen LogP contribution in [0.25, 0.3) is 0 Å². The number of pyridine rings is 1. The second-order valence-electron chi connectivity index (χ2n) is 5.64. The molecule has 0 aliphatic rings. The maximum Gasteiger partial charge on any atom is 0.315 e. The first kappa shape index (κ1) is 16.1. The molecule has 2 atom stereocenters. The van der Waals surface area contributed by atoms with Gasteiger partial charge in [-0.05, 0) is 51.0 Å². The van der Waals surface area contributed by atoms with Gasteiger partial charge in [0.15, 0.2) is 0 Å². The first-order valence-electron chi connectivity index (χ1n) is 7.64. The summed E-state index contributed by atoms with van der Waals surface area (Å²) in [5, 5.41) is 5.89. The zero-order chi connectivity index (χ0) is 15.9. The fraction of sp³-hybridized carbons (Fsp3) is 0.412. The van der Waals surface area contributed by atoms with E-state index < -0.39 is 0 Å². The van der Waals surface area contributed by atoms with Crippen LogP contribution in [-0.2, 0) is 13.5 Å². The standard InChI is InChI=1S/C17H24N4O/c1-13(9-10-15-7-6-12-21(15)3)19-17(22)20-14(2)16-8-4-5-11-18-16/h4-8,11-14H,9-10H2,1-3H3,(H2,19,20,22). The van der Waals surface area contributed by atoms with Gasteiger partial charge in [0.1, 0.15) is 0 Å². The SMILES string of the molecule is CC(CCc1cccn1C)NC(=O)NC(C)c1ccccn1. The topological polar surface area (TPSA) is 59.0 Å². The number of nitrogens with one attached hydrogen (secondary N) is 2. The summed E-state index contributed by atoms with van der Waals surface area (Å²) in [4.78, 5) is 16.3. The maximum atomic E-state index is 12.0. The third-order valence-corrected chi connectivity index (χ3v) is 3.74. The van der Waals surface area contributed by atoms with E-state index in [0.717, 1.165) is 18.5 Å². The van der Waals surface area contributed by atoms with Gasteiger partial charge in [-0.2, -0.15) is 0 Å². The van der Waals surface area contributed by atoms with Gasteiger partial charge in [-0.25, -0.2) is 4.79 Å². The van der Waals surface area contributed by atoms with Crippen LogP contribution in [0.4, 0.5) is 4.79 Å². The molecule has 0 aromatic carbocycles. The summed E-state index contributed by atoms with van der Waals surface area (Å²) in [5.41, 5.74) is 2.13. The molecule has 2 heterocycles. The monoisotopic (exact) mass is 300 g/mol. The number of carbonyl (C=O) groups is 1. The van der Waals surface area contributed by atoms with Crippen molar-refractivity contribution in [1.82, 2.24) is 20.2 Å². The van der Waals surface area contributed by atoms with Crippen molar-refractivity contribution in [2.75, 3.05) is 0 Å². The highest BCUT2D eigenvalue weighted by atomic mass is 16.2. The summed E-state index contributed by atoms with van der Waals surface area (Å²) in [5.74, 6) is 0. The second-order valence-corrected chi connectivity index (χ2v) is 5.64. The third kappa shape index (κ3) is 4.62. The summed E-state index contributed by atoms with van der Waals surface area (Å²) in [6.45, 7) is 3.95. The third-order valence-electron chi connectivity index (χ3n) is 3.74. The van der Waals surface area contributed by atoms with E-state index in [2.05, 4.69) is 26.3 Å². The Bertz CT molecular complexity index is 594. The average molecular weight is 300 g/mol. The van der Waals surface area contributed by atoms with Crippen molar-refractivity contribution in [3.63, 3.8) is 0 Å². The van der Waals surface area contributed by atoms with Crippen molar-refractivity contribution < 1.29 is 4.79 Å². The van der Waals surface area contributed by atoms with Gasteiger partial charge in [-0.15, -0.1) is 0 Å². The normalized spacial score (nSPS) is 13.4. The molecule has 22 heavy (non-hydrogen) atoms. The number of urea groups is 1. The minimum absolute atomic E-state index is 0.110. The molecule has 0 fully saturated rings. The Morgan fingerprint density at radius 2 is 2.05 bits per heavy atom. The molecule has 2 aromatic rings. The fourth-order valence-corrected chi connectivity index (χ4v) is 2.36. The van der Waals surface area contributed by atoms with Crippen molar-refractivity contribution in [2.24, 2.45) is 7.05 Å². The van der Waals surface area contributed by atoms with E-state index in [1.165, 1.54) is 5.69 Å². The van der Waals surface area contributed by atoms with E-state index >= 15 is 0 Å². The Balaban J connectivity index is 1.75. The number of nitrogens with zero attached hydrogens (tertiary/aromatic N) is 2. The number of hydrogen-bond acceptors (Lipinski definition) is 2. The molecule has 0 bridgehead atoms. The Morgan fingerprint density at radius 3 is 2.68 bits per heavy atom. The van der Waals surface area contributed by atoms with Gasteiger partial charge in [0, 0.05) is 31.2 Å². The van der Waals surface area contributed by atoms with Gasteiger partial charge in [0.05, 0.1) is 11.7 Å². The molecule has 0 spiro atoms. The lowest BCUT2D eigenvalue weighted by molar-refractivity contribution is 0.234. The molecule has 118 valence electrons. The summed E-state index contributed by atoms with van der Waals surface area (Å²) in [6, 6.07) is 9.68. The lowest BCUT2D eigenvalue weighted by Crippen LogP contribution is -2.42. The quantitative estimate of drug-likeness (QED) is 0.862. The van der Waals surface area contributed by atoms with E-state index in [9.17, 15) is 4.79 Å². The first-order valence-corrected chi connectivity index (χ1v) is 7.64. The molecule has 0 aliphatic heterocycles. The highest BCUT2D eigenvalue weighted by Gasteiger charge is 2.12. The minimum atomic E-state index is -0.155. The van der Waals surface area contributed by atoms with Gasteiger partial charge in [0.2, 0.25) is 0 Å². The lowest BCUT2D eigenvalue weighted by atomic mass is 10.1. The van der Waals surface area contributed by atoms with E-state index in [0.29, 0.717) is 0 Å². The lowest BCUT2D eigenvalue weighted by Gasteiger charge is -2.18. The van der Waals surface area contributed by atoms with Crippen LogP contribution in [0.15, 0.2) is 42.7 Å². The van der Waals surface area contributed by atoms with E-state index in [1.54, 1.807) is 6.20 Å². The Morgan fingerprint density at radius 1 is 1.23 bits per heavy atom. The second kappa shape index (κ2) is 7.64. The van der Waals surface area contributed by atoms with Crippen LogP contribution in [0.2, 0.25) is 0 Å². The molecule has 2 aromatic heterocycles. The van der Waals surface area contributed by atoms with Crippen LogP contribution in [0.3, 0.4) is 0 Å². The summed E-state index contributed by atoms with van der Waals surface area (Å²) < 4.78 is 2.11. The molecule has 2 N–H and O–H groups in total. The van der Waals surface area contributed by atoms with Crippen molar-refractivity contribution in [2.45, 2.75) is 38.8 Å². The van der Waals surface area contributed by atoms with E-state index in [4.69, 9.17) is 0 Å². The van der Waals surface area contributed by atoms with Crippen LogP contribution in [-0.4, -0.2) is 21.6 Å². The van der Waals surface area contributed by atoms with Gasteiger partial charge in [0.25, 0.3) is 0 Å². The van der Waals surface area contributed by atoms with Gasteiger partial charge in [-0.1, -0.05) is 6.07 Å². The molecule has 2 rings (SSSR count). The van der Waals surface area contributed by atoms with Crippen molar-refractivity contribution in [3.05, 3.63) is 54.1 Å². The van der Waals surface area contributed by atoms with E-state index in [1.807, 2.05) is 51.4 Å². The van der Waals surface area contributed by atoms with Crippen molar-refractivity contribution in [1.29, 1.82) is 0 Å². The Hall–Kier alpha value is -2.30. The first-order chi connectivity index (χ1) is 10.6. The molecule has 0 saturated carbocycles. The molecule has 5 heteroatoms. The van der Waals surface area contributed by atoms with Gasteiger partial charge < -0.3 is 15.2 Å². The minimum Gasteiger partial charge on any atom is -0.354 e. The number of hydrogen-bond donors (Lipinski definition) is 2. The fourth-order valence-electron chi connectivity index (χ4n) is 2.36. The predicted octanol–water partition coefficient (Wildman–Crippen LogP) is 2.80. The summed E-state index contributed by atoms with van der Waals surface area (Å²) in [6.07, 6.45) is 5.62. The van der Waals surface area contributed by atoms with Crippen molar-refractivity contribution >= 4 is 6.03 Å². The largest absolute Gasteiger partial charge is 0.354 e. The number of amides is 2. The molecular formula is C17H24N4O. The summed E-state index contributed by atoms with van der Waals surface area (Å²) in [7, 11) is 2.04. The number of aromatic nitrogens is 2. The summed E-state index contributed by atoms with van der Waals surface area (Å²) >= 11 is 0. The molecule has 0 saturated heterocycles. The number of aryl methyl sites for hydroxylation is 2. The van der Waals surface area contributed by atoms with Gasteiger partial charge in [-0.3, -0.25) is 4.98 Å². The number of rotatable bonds is 6. The highest BCUT2D eigenvalue weighted by molar-refractivity contribution is 5.74. The molecular weight excluding hydrogens is 276 g/mol. The van der Waals surface area contributed by atoms with Crippen LogP contribution in [0.1, 0.15) is 37.7 Å². The number of carbonyl (C=O) groups excluding carboxylic acids is 1. The highest BCUT2D eigenvalue weighted by Crippen LogP contribution is 2.08. The average Bonchev–Trinajstić information content (AvgIpc) is 2.91. The maximum absolute atomic E-state index is 12.0. The molecule has 0 aliphatic carbocycles. The van der Waals surface area contributed by atoms with Crippen molar-refractivity contribution in [3.8, 4) is 0 Å². The van der Waals surface area contributed by atoms with Crippen LogP contribution in [0, 0.1) is 0 Å². The Labute approximate surface area is 131 Å². The van der Waals surface area contributed by atoms with Gasteiger partial charge >= 0.3 is 6.03 Å². The Kier molecular flexibility index (Phi) is 5.58. The molecule has 5 nitrogen and oxygen atoms in total. The van der Waals surface area contributed by atoms with E-state index in [-0.39, 0.29) is 18.1 Å². The smallest absolute Gasteiger partial charge is 0.315 e. The zero-order valence-electron chi connectivity index (χ0n) is 13.4. The zero-order valence-corrected chi connectivity index (χ0v) is 13.4. The molecule has 0 radical (unpaired) electrons.